The van der Waals surface area contributed by atoms with Crippen LogP contribution in [0.3, 0.4) is 0 Å². The van der Waals surface area contributed by atoms with Crippen LogP contribution in [0.15, 0.2) is 24.4 Å². The minimum Gasteiger partial charge on any atom is -0.391 e. The number of hydrogen-bond donors (Lipinski definition) is 2. The molecule has 140 valence electrons. The van der Waals surface area contributed by atoms with Gasteiger partial charge in [0.25, 0.3) is 5.91 Å². The van der Waals surface area contributed by atoms with Gasteiger partial charge in [0.15, 0.2) is 11.3 Å². The summed E-state index contributed by atoms with van der Waals surface area (Å²) in [6, 6.07) is 5.57. The monoisotopic (exact) mass is 384 g/mol. The second-order valence-corrected chi connectivity index (χ2v) is 7.80. The molecule has 0 spiro atoms. The van der Waals surface area contributed by atoms with E-state index in [1.54, 1.807) is 11.1 Å². The zero-order valence-corrected chi connectivity index (χ0v) is 15.9. The van der Waals surface area contributed by atoms with Gasteiger partial charge in [-0.05, 0) is 32.4 Å². The molecule has 27 heavy (non-hydrogen) atoms. The van der Waals surface area contributed by atoms with Crippen molar-refractivity contribution in [2.45, 2.75) is 32.4 Å². The third-order valence-electron chi connectivity index (χ3n) is 4.49. The molecule has 4 rings (SSSR count). The van der Waals surface area contributed by atoms with Crippen LogP contribution in [0.4, 0.5) is 5.95 Å². The largest absolute Gasteiger partial charge is 0.391 e. The number of pyridine rings is 1. The fourth-order valence-corrected chi connectivity index (χ4v) is 3.95. The summed E-state index contributed by atoms with van der Waals surface area (Å²) in [4.78, 5) is 32.4. The highest BCUT2D eigenvalue weighted by Gasteiger charge is 2.29. The Hall–Kier alpha value is -2.65. The first-order valence-corrected chi connectivity index (χ1v) is 9.63. The number of aliphatic hydroxyl groups excluding tert-OH is 1. The fraction of sp³-hybridized carbons (Fsp3) is 0.389. The Labute approximate surface area is 160 Å². The lowest BCUT2D eigenvalue weighted by Crippen LogP contribution is -2.30. The summed E-state index contributed by atoms with van der Waals surface area (Å²) in [5.41, 5.74) is 1.69. The molecule has 9 heteroatoms. The maximum absolute atomic E-state index is 13.0. The Bertz CT molecular complexity index is 977. The van der Waals surface area contributed by atoms with Gasteiger partial charge in [0.1, 0.15) is 4.70 Å². The van der Waals surface area contributed by atoms with Gasteiger partial charge in [-0.15, -0.1) is 11.3 Å². The number of aromatic nitrogens is 4. The first-order chi connectivity index (χ1) is 13.0. The van der Waals surface area contributed by atoms with Gasteiger partial charge in [-0.1, -0.05) is 6.07 Å². The molecule has 2 N–H and O–H groups in total. The predicted molar refractivity (Wildman–Crippen MR) is 103 cm³/mol. The van der Waals surface area contributed by atoms with Crippen molar-refractivity contribution in [2.75, 3.05) is 18.4 Å². The molecule has 2 atom stereocenters. The third kappa shape index (κ3) is 3.60. The van der Waals surface area contributed by atoms with Gasteiger partial charge in [0.2, 0.25) is 5.95 Å². The van der Waals surface area contributed by atoms with Crippen LogP contribution in [0.25, 0.3) is 10.3 Å². The third-order valence-corrected chi connectivity index (χ3v) is 5.46. The molecule has 3 aromatic rings. The number of nitrogens with one attached hydrogen (secondary N) is 1. The molecule has 0 bridgehead atoms. The zero-order chi connectivity index (χ0) is 19.0. The van der Waals surface area contributed by atoms with Crippen LogP contribution >= 0.6 is 11.3 Å². The van der Waals surface area contributed by atoms with Crippen molar-refractivity contribution in [1.82, 2.24) is 24.8 Å². The van der Waals surface area contributed by atoms with E-state index < -0.39 is 6.10 Å². The molecule has 3 aromatic heterocycles. The van der Waals surface area contributed by atoms with Crippen LogP contribution in [0.1, 0.15) is 40.6 Å². The molecule has 1 aliphatic heterocycles. The van der Waals surface area contributed by atoms with Crippen LogP contribution in [0.2, 0.25) is 0 Å². The van der Waals surface area contributed by atoms with E-state index in [1.165, 1.54) is 11.3 Å². The first-order valence-electron chi connectivity index (χ1n) is 8.81. The number of amides is 1. The Morgan fingerprint density at radius 2 is 2.22 bits per heavy atom. The molecular weight excluding hydrogens is 364 g/mol. The number of fused-ring (bicyclic) bond motifs is 1. The van der Waals surface area contributed by atoms with Gasteiger partial charge in [-0.25, -0.2) is 9.97 Å². The molecule has 1 saturated heterocycles. The molecule has 1 amide bonds. The molecule has 8 nitrogen and oxygen atoms in total. The summed E-state index contributed by atoms with van der Waals surface area (Å²) in [5, 5.41) is 13.8. The molecule has 0 radical (unpaired) electrons. The normalized spacial score (nSPS) is 18.0. The lowest BCUT2D eigenvalue weighted by atomic mass is 10.2. The SMILES string of the molecule is Cc1nc2nc(NC(C)c3ccccn3)nc(C(=O)N3CC[C@H](O)C3)c2s1. The number of β-amino-alcohol motifs (C(OH)–C–C–N with tert-alkyl or cyclic N) is 1. The lowest BCUT2D eigenvalue weighted by Gasteiger charge is -2.17. The lowest BCUT2D eigenvalue weighted by molar-refractivity contribution is 0.0761. The maximum Gasteiger partial charge on any atom is 0.274 e. The van der Waals surface area contributed by atoms with Crippen LogP contribution < -0.4 is 5.32 Å². The summed E-state index contributed by atoms with van der Waals surface area (Å²) in [6.07, 6.45) is 1.84. The van der Waals surface area contributed by atoms with E-state index in [1.807, 2.05) is 32.0 Å². The van der Waals surface area contributed by atoms with E-state index in [2.05, 4.69) is 25.3 Å². The smallest absolute Gasteiger partial charge is 0.274 e. The van der Waals surface area contributed by atoms with Gasteiger partial charge in [-0.3, -0.25) is 9.78 Å². The number of thiazole rings is 1. The van der Waals surface area contributed by atoms with Crippen LogP contribution in [-0.2, 0) is 0 Å². The minimum absolute atomic E-state index is 0.125. The van der Waals surface area contributed by atoms with Gasteiger partial charge in [0.05, 0.1) is 22.8 Å². The van der Waals surface area contributed by atoms with Gasteiger partial charge >= 0.3 is 0 Å². The second kappa shape index (κ2) is 7.16. The van der Waals surface area contributed by atoms with E-state index in [-0.39, 0.29) is 11.9 Å². The average molecular weight is 384 g/mol. The highest BCUT2D eigenvalue weighted by atomic mass is 32.1. The molecule has 1 fully saturated rings. The predicted octanol–water partition coefficient (Wildman–Crippen LogP) is 2.17. The summed E-state index contributed by atoms with van der Waals surface area (Å²) in [5.74, 6) is 0.144. The van der Waals surface area contributed by atoms with Crippen LogP contribution in [0.5, 0.6) is 0 Å². The molecule has 0 aromatic carbocycles. The van der Waals surface area contributed by atoms with Crippen LogP contribution in [0, 0.1) is 6.92 Å². The molecule has 4 heterocycles. The standard InChI is InChI=1S/C18H20N6O2S/c1-10(13-5-3-4-7-19-13)20-18-22-14(15-16(23-18)21-11(2)27-15)17(26)24-8-6-12(25)9-24/h3-5,7,10,12,25H,6,8-9H2,1-2H3,(H,20,22,23)/t10?,12-/m0/s1. The fourth-order valence-electron chi connectivity index (χ4n) is 3.11. The number of anilines is 1. The van der Waals surface area contributed by atoms with E-state index in [9.17, 15) is 9.90 Å². The van der Waals surface area contributed by atoms with Crippen molar-refractivity contribution in [1.29, 1.82) is 0 Å². The average Bonchev–Trinajstić information content (AvgIpc) is 3.26. The number of aliphatic hydroxyl groups is 1. The molecule has 0 saturated carbocycles. The first kappa shape index (κ1) is 17.7. The van der Waals surface area contributed by atoms with E-state index in [4.69, 9.17) is 0 Å². The number of carbonyl (C=O) groups is 1. The van der Waals surface area contributed by atoms with Crippen molar-refractivity contribution in [3.05, 3.63) is 40.8 Å². The Kier molecular flexibility index (Phi) is 4.71. The number of hydrogen-bond acceptors (Lipinski definition) is 8. The molecule has 0 aliphatic carbocycles. The quantitative estimate of drug-likeness (QED) is 0.710. The molecule has 1 unspecified atom stereocenters. The highest BCUT2D eigenvalue weighted by molar-refractivity contribution is 7.18. The number of carbonyl (C=O) groups excluding carboxylic acids is 1. The number of aryl methyl sites for hydroxylation is 1. The number of rotatable bonds is 4. The zero-order valence-electron chi connectivity index (χ0n) is 15.1. The minimum atomic E-state index is -0.476. The highest BCUT2D eigenvalue weighted by Crippen LogP contribution is 2.27. The molecule has 1 aliphatic rings. The topological polar surface area (TPSA) is 104 Å². The summed E-state index contributed by atoms with van der Waals surface area (Å²) in [7, 11) is 0. The summed E-state index contributed by atoms with van der Waals surface area (Å²) in [6.45, 7) is 4.69. The van der Waals surface area contributed by atoms with Gasteiger partial charge < -0.3 is 15.3 Å². The number of likely N-dealkylation sites (tertiary alicyclic amines) is 1. The Balaban J connectivity index is 1.69. The van der Waals surface area contributed by atoms with Gasteiger partial charge in [-0.2, -0.15) is 4.98 Å². The van der Waals surface area contributed by atoms with Crippen molar-refractivity contribution in [3.63, 3.8) is 0 Å². The van der Waals surface area contributed by atoms with Crippen LogP contribution in [-0.4, -0.2) is 55.0 Å². The number of nitrogens with zero attached hydrogens (tertiary/aromatic N) is 5. The summed E-state index contributed by atoms with van der Waals surface area (Å²) >= 11 is 1.40. The van der Waals surface area contributed by atoms with E-state index in [0.717, 1.165) is 10.7 Å². The second-order valence-electron chi connectivity index (χ2n) is 6.60. The van der Waals surface area contributed by atoms with E-state index in [0.29, 0.717) is 41.5 Å². The molecular formula is C18H20N6O2S. The van der Waals surface area contributed by atoms with Gasteiger partial charge in [0, 0.05) is 19.3 Å². The summed E-state index contributed by atoms with van der Waals surface area (Å²) < 4.78 is 0.676. The maximum atomic E-state index is 13.0. The van der Waals surface area contributed by atoms with Crippen molar-refractivity contribution < 1.29 is 9.90 Å². The Morgan fingerprint density at radius 1 is 1.37 bits per heavy atom. The van der Waals surface area contributed by atoms with Crippen molar-refractivity contribution in [2.24, 2.45) is 0 Å². The Morgan fingerprint density at radius 3 is 2.93 bits per heavy atom. The van der Waals surface area contributed by atoms with Crippen molar-refractivity contribution >= 4 is 33.5 Å². The van der Waals surface area contributed by atoms with E-state index >= 15 is 0 Å². The van der Waals surface area contributed by atoms with Crippen molar-refractivity contribution in [3.8, 4) is 0 Å².